The lowest BCUT2D eigenvalue weighted by atomic mass is 10.2. The van der Waals surface area contributed by atoms with Gasteiger partial charge in [-0.3, -0.25) is 4.72 Å². The predicted octanol–water partition coefficient (Wildman–Crippen LogP) is 3.42. The Labute approximate surface area is 130 Å². The summed E-state index contributed by atoms with van der Waals surface area (Å²) in [4.78, 5) is 1.50. The van der Waals surface area contributed by atoms with Gasteiger partial charge in [0.05, 0.1) is 12.3 Å². The van der Waals surface area contributed by atoms with Crippen molar-refractivity contribution in [3.05, 3.63) is 44.1 Å². The number of hydrogen-bond acceptors (Lipinski definition) is 4. The van der Waals surface area contributed by atoms with Crippen LogP contribution >= 0.6 is 27.3 Å². The second kappa shape index (κ2) is 5.85. The Morgan fingerprint density at radius 3 is 2.60 bits per heavy atom. The summed E-state index contributed by atoms with van der Waals surface area (Å²) >= 11 is 4.61. The molecule has 0 atom stereocenters. The third-order valence-corrected chi connectivity index (χ3v) is 6.08. The van der Waals surface area contributed by atoms with Crippen molar-refractivity contribution in [1.29, 1.82) is 0 Å². The van der Waals surface area contributed by atoms with Crippen LogP contribution in [0.3, 0.4) is 0 Å². The SMILES string of the molecule is Cc1ccc(Br)c(NS(=O)(=O)c2cc(CO)sc2C)c1. The normalized spacial score (nSPS) is 11.6. The predicted molar refractivity (Wildman–Crippen MR) is 84.7 cm³/mol. The first kappa shape index (κ1) is 15.5. The molecule has 20 heavy (non-hydrogen) atoms. The monoisotopic (exact) mass is 375 g/mol. The molecule has 2 aromatic rings. The van der Waals surface area contributed by atoms with Crippen LogP contribution < -0.4 is 4.72 Å². The number of nitrogens with one attached hydrogen (secondary N) is 1. The molecule has 1 aromatic heterocycles. The molecule has 0 aliphatic rings. The summed E-state index contributed by atoms with van der Waals surface area (Å²) < 4.78 is 28.1. The number of thiophene rings is 1. The van der Waals surface area contributed by atoms with E-state index in [1.165, 1.54) is 17.4 Å². The zero-order valence-corrected chi connectivity index (χ0v) is 14.2. The molecular formula is C13H14BrNO3S2. The third-order valence-electron chi connectivity index (χ3n) is 2.73. The Morgan fingerprint density at radius 2 is 2.00 bits per heavy atom. The van der Waals surface area contributed by atoms with E-state index in [2.05, 4.69) is 20.7 Å². The minimum absolute atomic E-state index is 0.158. The van der Waals surface area contributed by atoms with Gasteiger partial charge in [-0.15, -0.1) is 11.3 Å². The first-order chi connectivity index (χ1) is 9.33. The van der Waals surface area contributed by atoms with Crippen molar-refractivity contribution >= 4 is 43.0 Å². The molecule has 2 rings (SSSR count). The van der Waals surface area contributed by atoms with E-state index in [0.29, 0.717) is 19.9 Å². The zero-order valence-electron chi connectivity index (χ0n) is 11.0. The Morgan fingerprint density at radius 1 is 1.30 bits per heavy atom. The summed E-state index contributed by atoms with van der Waals surface area (Å²) in [6, 6.07) is 6.96. The summed E-state index contributed by atoms with van der Waals surface area (Å²) in [6.07, 6.45) is 0. The van der Waals surface area contributed by atoms with E-state index in [1.807, 2.05) is 13.0 Å². The van der Waals surface area contributed by atoms with Crippen LogP contribution in [-0.4, -0.2) is 13.5 Å². The van der Waals surface area contributed by atoms with Crippen molar-refractivity contribution in [2.45, 2.75) is 25.3 Å². The summed E-state index contributed by atoms with van der Waals surface area (Å²) in [5.41, 5.74) is 1.46. The molecule has 4 nitrogen and oxygen atoms in total. The molecule has 0 radical (unpaired) electrons. The highest BCUT2D eigenvalue weighted by Crippen LogP contribution is 2.30. The van der Waals surface area contributed by atoms with Crippen molar-refractivity contribution in [2.75, 3.05) is 4.72 Å². The molecule has 108 valence electrons. The minimum Gasteiger partial charge on any atom is -0.391 e. The van der Waals surface area contributed by atoms with Crippen LogP contribution in [0.2, 0.25) is 0 Å². The molecule has 0 bridgehead atoms. The molecule has 0 amide bonds. The lowest BCUT2D eigenvalue weighted by molar-refractivity contribution is 0.285. The van der Waals surface area contributed by atoms with Crippen molar-refractivity contribution in [3.63, 3.8) is 0 Å². The fraction of sp³-hybridized carbons (Fsp3) is 0.231. The first-order valence-corrected chi connectivity index (χ1v) is 8.92. The minimum atomic E-state index is -3.65. The first-order valence-electron chi connectivity index (χ1n) is 5.82. The number of sulfonamides is 1. The molecule has 0 spiro atoms. The number of benzene rings is 1. The maximum atomic E-state index is 12.4. The lowest BCUT2D eigenvalue weighted by Crippen LogP contribution is -2.13. The number of aryl methyl sites for hydroxylation is 2. The second-order valence-corrected chi connectivity index (χ2v) is 8.23. The summed E-state index contributed by atoms with van der Waals surface area (Å²) in [7, 11) is -3.65. The van der Waals surface area contributed by atoms with E-state index in [4.69, 9.17) is 5.11 Å². The van der Waals surface area contributed by atoms with Crippen molar-refractivity contribution in [2.24, 2.45) is 0 Å². The van der Waals surface area contributed by atoms with E-state index in [0.717, 1.165) is 5.56 Å². The quantitative estimate of drug-likeness (QED) is 0.859. The van der Waals surface area contributed by atoms with Gasteiger partial charge in [0.25, 0.3) is 10.0 Å². The van der Waals surface area contributed by atoms with Gasteiger partial charge in [-0.2, -0.15) is 0 Å². The van der Waals surface area contributed by atoms with E-state index < -0.39 is 10.0 Å². The second-order valence-electron chi connectivity index (χ2n) is 4.38. The van der Waals surface area contributed by atoms with Crippen molar-refractivity contribution in [1.82, 2.24) is 0 Å². The van der Waals surface area contributed by atoms with Crippen LogP contribution in [0.25, 0.3) is 0 Å². The average molecular weight is 376 g/mol. The van der Waals surface area contributed by atoms with Crippen LogP contribution in [0.15, 0.2) is 33.6 Å². The number of rotatable bonds is 4. The van der Waals surface area contributed by atoms with E-state index in [1.54, 1.807) is 19.1 Å². The zero-order chi connectivity index (χ0) is 14.9. The highest BCUT2D eigenvalue weighted by Gasteiger charge is 2.20. The van der Waals surface area contributed by atoms with Gasteiger partial charge < -0.3 is 5.11 Å². The molecule has 2 N–H and O–H groups in total. The molecule has 7 heteroatoms. The van der Waals surface area contributed by atoms with E-state index >= 15 is 0 Å². The molecule has 0 fully saturated rings. The number of hydrogen-bond donors (Lipinski definition) is 2. The van der Waals surface area contributed by atoms with Gasteiger partial charge in [0.15, 0.2) is 0 Å². The van der Waals surface area contributed by atoms with Crippen LogP contribution in [0.1, 0.15) is 15.3 Å². The summed E-state index contributed by atoms with van der Waals surface area (Å²) in [5, 5.41) is 9.10. The van der Waals surface area contributed by atoms with E-state index in [-0.39, 0.29) is 11.5 Å². The topological polar surface area (TPSA) is 66.4 Å². The highest BCUT2D eigenvalue weighted by molar-refractivity contribution is 9.10. The van der Waals surface area contributed by atoms with Crippen molar-refractivity contribution in [3.8, 4) is 0 Å². The number of anilines is 1. The summed E-state index contributed by atoms with van der Waals surface area (Å²) in [5.74, 6) is 0. The molecule has 1 heterocycles. The molecule has 1 aromatic carbocycles. The van der Waals surface area contributed by atoms with Crippen LogP contribution in [0.4, 0.5) is 5.69 Å². The van der Waals surface area contributed by atoms with Gasteiger partial charge in [-0.1, -0.05) is 6.07 Å². The standard InChI is InChI=1S/C13H14BrNO3S2/c1-8-3-4-11(14)12(5-8)15-20(17,18)13-6-10(7-16)19-9(13)2/h3-6,15-16H,7H2,1-2H3. The molecule has 0 aliphatic carbocycles. The van der Waals surface area contributed by atoms with Gasteiger partial charge in [-0.05, 0) is 53.5 Å². The van der Waals surface area contributed by atoms with Gasteiger partial charge in [0.2, 0.25) is 0 Å². The average Bonchev–Trinajstić information content (AvgIpc) is 2.76. The van der Waals surface area contributed by atoms with Gasteiger partial charge in [-0.25, -0.2) is 8.42 Å². The maximum Gasteiger partial charge on any atom is 0.263 e. The fourth-order valence-electron chi connectivity index (χ4n) is 1.79. The highest BCUT2D eigenvalue weighted by atomic mass is 79.9. The third kappa shape index (κ3) is 3.22. The smallest absolute Gasteiger partial charge is 0.263 e. The van der Waals surface area contributed by atoms with Crippen molar-refractivity contribution < 1.29 is 13.5 Å². The molecule has 0 unspecified atom stereocenters. The molecule has 0 aliphatic heterocycles. The lowest BCUT2D eigenvalue weighted by Gasteiger charge is -2.10. The summed E-state index contributed by atoms with van der Waals surface area (Å²) in [6.45, 7) is 3.46. The Hall–Kier alpha value is -0.890. The number of halogens is 1. The molecule has 0 saturated heterocycles. The Balaban J connectivity index is 2.40. The molecule has 0 saturated carbocycles. The maximum absolute atomic E-state index is 12.4. The van der Waals surface area contributed by atoms with E-state index in [9.17, 15) is 8.42 Å². The van der Waals surface area contributed by atoms with Crippen LogP contribution in [-0.2, 0) is 16.6 Å². The Kier molecular flexibility index (Phi) is 4.53. The molecular weight excluding hydrogens is 362 g/mol. The largest absolute Gasteiger partial charge is 0.391 e. The number of aliphatic hydroxyl groups excluding tert-OH is 1. The number of aliphatic hydroxyl groups is 1. The Bertz CT molecular complexity index is 738. The van der Waals surface area contributed by atoms with Gasteiger partial charge in [0.1, 0.15) is 4.90 Å². The fourth-order valence-corrected chi connectivity index (χ4v) is 4.83. The van der Waals surface area contributed by atoms with Crippen LogP contribution in [0, 0.1) is 13.8 Å². The van der Waals surface area contributed by atoms with Gasteiger partial charge in [0, 0.05) is 14.2 Å². The van der Waals surface area contributed by atoms with Crippen LogP contribution in [0.5, 0.6) is 0 Å². The van der Waals surface area contributed by atoms with Gasteiger partial charge >= 0.3 is 0 Å².